The average molecular weight is 383 g/mol. The van der Waals surface area contributed by atoms with Crippen LogP contribution in [0.15, 0.2) is 63.5 Å². The van der Waals surface area contributed by atoms with Gasteiger partial charge >= 0.3 is 0 Å². The molecule has 27 heavy (non-hydrogen) atoms. The number of aromatic nitrogens is 1. The van der Waals surface area contributed by atoms with Crippen LogP contribution in [-0.4, -0.2) is 23.5 Å². The Hall–Kier alpha value is -2.60. The van der Waals surface area contributed by atoms with Crippen LogP contribution in [0.2, 0.25) is 0 Å². The second kappa shape index (κ2) is 9.92. The molecule has 2 aromatic heterocycles. The number of aryl methyl sites for hydroxylation is 1. The predicted molar refractivity (Wildman–Crippen MR) is 112 cm³/mol. The minimum atomic E-state index is 0.321. The van der Waals surface area contributed by atoms with E-state index in [1.807, 2.05) is 17.5 Å². The molecule has 0 saturated carbocycles. The minimum absolute atomic E-state index is 0.321. The second-order valence-corrected chi connectivity index (χ2v) is 7.33. The summed E-state index contributed by atoms with van der Waals surface area (Å²) < 4.78 is 5.56. The Morgan fingerprint density at radius 2 is 2.07 bits per heavy atom. The van der Waals surface area contributed by atoms with Crippen molar-refractivity contribution in [3.63, 3.8) is 0 Å². The first-order valence-electron chi connectivity index (χ1n) is 9.31. The molecular formula is C21H26N4OS. The number of thiophene rings is 1. The fourth-order valence-corrected chi connectivity index (χ4v) is 3.36. The van der Waals surface area contributed by atoms with Gasteiger partial charge < -0.3 is 15.1 Å². The number of guanidine groups is 1. The molecule has 0 fully saturated rings. The maximum absolute atomic E-state index is 5.56. The zero-order chi connectivity index (χ0) is 18.9. The highest BCUT2D eigenvalue weighted by atomic mass is 32.1. The first kappa shape index (κ1) is 19.2. The van der Waals surface area contributed by atoms with Crippen LogP contribution in [0.25, 0.3) is 10.8 Å². The molecule has 1 atom stereocenters. The lowest BCUT2D eigenvalue weighted by atomic mass is 10.1. The van der Waals surface area contributed by atoms with Crippen molar-refractivity contribution in [2.75, 3.05) is 6.54 Å². The number of nitrogens with one attached hydrogen (secondary N) is 2. The maximum atomic E-state index is 5.56. The molecule has 0 saturated heterocycles. The van der Waals surface area contributed by atoms with E-state index in [4.69, 9.17) is 4.42 Å². The molecule has 2 heterocycles. The van der Waals surface area contributed by atoms with E-state index in [-0.39, 0.29) is 0 Å². The Morgan fingerprint density at radius 1 is 1.22 bits per heavy atom. The Balaban J connectivity index is 1.54. The first-order chi connectivity index (χ1) is 13.2. The van der Waals surface area contributed by atoms with Crippen molar-refractivity contribution < 1.29 is 4.42 Å². The Morgan fingerprint density at radius 3 is 2.81 bits per heavy atom. The summed E-state index contributed by atoms with van der Waals surface area (Å²) in [4.78, 5) is 10.2. The van der Waals surface area contributed by atoms with Gasteiger partial charge in [-0.05, 0) is 43.7 Å². The zero-order valence-corrected chi connectivity index (χ0v) is 16.6. The van der Waals surface area contributed by atoms with Gasteiger partial charge in [-0.3, -0.25) is 0 Å². The lowest BCUT2D eigenvalue weighted by Gasteiger charge is -2.17. The molecule has 5 nitrogen and oxygen atoms in total. The topological polar surface area (TPSA) is 62.5 Å². The largest absolute Gasteiger partial charge is 0.443 e. The summed E-state index contributed by atoms with van der Waals surface area (Å²) in [5.74, 6) is 1.46. The molecule has 0 aliphatic heterocycles. The molecule has 3 rings (SSSR count). The highest BCUT2D eigenvalue weighted by Crippen LogP contribution is 2.23. The van der Waals surface area contributed by atoms with Gasteiger partial charge in [0.1, 0.15) is 12.0 Å². The van der Waals surface area contributed by atoms with Gasteiger partial charge in [-0.15, -0.1) is 11.3 Å². The maximum Gasteiger partial charge on any atom is 0.236 e. The van der Waals surface area contributed by atoms with E-state index in [2.05, 4.69) is 64.8 Å². The molecule has 6 heteroatoms. The van der Waals surface area contributed by atoms with E-state index in [0.717, 1.165) is 35.9 Å². The van der Waals surface area contributed by atoms with Crippen LogP contribution in [0.4, 0.5) is 0 Å². The van der Waals surface area contributed by atoms with E-state index >= 15 is 0 Å². The van der Waals surface area contributed by atoms with Gasteiger partial charge in [-0.2, -0.15) is 0 Å². The molecule has 0 aliphatic carbocycles. The summed E-state index contributed by atoms with van der Waals surface area (Å²) in [6.45, 7) is 5.55. The van der Waals surface area contributed by atoms with Crippen LogP contribution in [0.3, 0.4) is 0 Å². The third kappa shape index (κ3) is 5.96. The molecule has 1 aromatic carbocycles. The number of nitrogens with zero attached hydrogens (tertiary/aromatic N) is 2. The number of rotatable bonds is 8. The normalized spacial score (nSPS) is 12.7. The second-order valence-electron chi connectivity index (χ2n) is 6.39. The zero-order valence-electron chi connectivity index (χ0n) is 15.8. The lowest BCUT2D eigenvalue weighted by molar-refractivity contribution is 0.574. The molecule has 0 spiro atoms. The fraction of sp³-hybridized carbons (Fsp3) is 0.333. The summed E-state index contributed by atoms with van der Waals surface area (Å²) in [6, 6.07) is 14.9. The van der Waals surface area contributed by atoms with Gasteiger partial charge in [0.05, 0.1) is 11.4 Å². The molecule has 1 unspecified atom stereocenters. The lowest BCUT2D eigenvalue weighted by Crippen LogP contribution is -2.42. The van der Waals surface area contributed by atoms with Crippen LogP contribution >= 0.6 is 11.3 Å². The summed E-state index contributed by atoms with van der Waals surface area (Å²) in [6.07, 6.45) is 3.77. The highest BCUT2D eigenvalue weighted by Gasteiger charge is 2.09. The van der Waals surface area contributed by atoms with Gasteiger partial charge in [0.2, 0.25) is 5.89 Å². The molecule has 142 valence electrons. The molecule has 3 aromatic rings. The molecule has 0 bridgehead atoms. The van der Waals surface area contributed by atoms with Crippen LogP contribution in [-0.2, 0) is 13.0 Å². The number of hydrogen-bond acceptors (Lipinski definition) is 4. The average Bonchev–Trinajstić information content (AvgIpc) is 3.37. The van der Waals surface area contributed by atoms with Gasteiger partial charge in [0.25, 0.3) is 0 Å². The van der Waals surface area contributed by atoms with Crippen molar-refractivity contribution in [1.29, 1.82) is 0 Å². The quantitative estimate of drug-likeness (QED) is 0.445. The van der Waals surface area contributed by atoms with Crippen molar-refractivity contribution in [1.82, 2.24) is 15.6 Å². The molecule has 0 aliphatic rings. The van der Waals surface area contributed by atoms with E-state index in [9.17, 15) is 0 Å². The first-order valence-corrected chi connectivity index (χ1v) is 10.2. The summed E-state index contributed by atoms with van der Waals surface area (Å²) in [5.41, 5.74) is 2.18. The Labute approximate surface area is 164 Å². The van der Waals surface area contributed by atoms with Crippen LogP contribution in [0.5, 0.6) is 0 Å². The van der Waals surface area contributed by atoms with Crippen LogP contribution in [0, 0.1) is 0 Å². The molecule has 0 amide bonds. The van der Waals surface area contributed by atoms with Gasteiger partial charge in [-0.1, -0.05) is 36.4 Å². The summed E-state index contributed by atoms with van der Waals surface area (Å²) in [7, 11) is 0. The number of oxazole rings is 1. The number of aliphatic imine (C=N–C) groups is 1. The van der Waals surface area contributed by atoms with E-state index in [1.165, 1.54) is 5.56 Å². The molecular weight excluding hydrogens is 356 g/mol. The summed E-state index contributed by atoms with van der Waals surface area (Å²) in [5, 5.41) is 8.79. The third-order valence-corrected chi connectivity index (χ3v) is 4.98. The summed E-state index contributed by atoms with van der Waals surface area (Å²) >= 11 is 1.62. The van der Waals surface area contributed by atoms with E-state index in [1.54, 1.807) is 17.6 Å². The van der Waals surface area contributed by atoms with Crippen molar-refractivity contribution >= 4 is 17.3 Å². The van der Waals surface area contributed by atoms with Crippen molar-refractivity contribution in [3.05, 3.63) is 65.4 Å². The number of benzene rings is 1. The third-order valence-electron chi connectivity index (χ3n) is 4.12. The SMILES string of the molecule is CCNC(=NCc1coc(-c2cccs2)n1)NC(C)CCc1ccccc1. The predicted octanol–water partition coefficient (Wildman–Crippen LogP) is 4.48. The highest BCUT2D eigenvalue weighted by molar-refractivity contribution is 7.13. The Kier molecular flexibility index (Phi) is 7.04. The van der Waals surface area contributed by atoms with Gasteiger partial charge in [-0.25, -0.2) is 9.98 Å². The smallest absolute Gasteiger partial charge is 0.236 e. The number of hydrogen-bond donors (Lipinski definition) is 2. The molecule has 2 N–H and O–H groups in total. The monoisotopic (exact) mass is 382 g/mol. The van der Waals surface area contributed by atoms with Crippen LogP contribution in [0.1, 0.15) is 31.5 Å². The Bertz CT molecular complexity index is 827. The fourth-order valence-electron chi connectivity index (χ4n) is 2.71. The van der Waals surface area contributed by atoms with Crippen LogP contribution < -0.4 is 10.6 Å². The van der Waals surface area contributed by atoms with Gasteiger partial charge in [0.15, 0.2) is 5.96 Å². The van der Waals surface area contributed by atoms with Crippen molar-refractivity contribution in [3.8, 4) is 10.8 Å². The van der Waals surface area contributed by atoms with Crippen molar-refractivity contribution in [2.24, 2.45) is 4.99 Å². The van der Waals surface area contributed by atoms with Crippen molar-refractivity contribution in [2.45, 2.75) is 39.3 Å². The van der Waals surface area contributed by atoms with E-state index < -0.39 is 0 Å². The standard InChI is InChI=1S/C21H26N4OS/c1-3-22-21(24-16(2)11-12-17-8-5-4-6-9-17)23-14-18-15-26-20(25-18)19-10-7-13-27-19/h4-10,13,15-16H,3,11-12,14H2,1-2H3,(H2,22,23,24). The van der Waals surface area contributed by atoms with E-state index in [0.29, 0.717) is 18.5 Å². The van der Waals surface area contributed by atoms with Gasteiger partial charge in [0, 0.05) is 12.6 Å². The molecule has 0 radical (unpaired) electrons. The minimum Gasteiger partial charge on any atom is -0.443 e.